The summed E-state index contributed by atoms with van der Waals surface area (Å²) in [5.41, 5.74) is 0. The predicted molar refractivity (Wildman–Crippen MR) is 70.5 cm³/mol. The zero-order chi connectivity index (χ0) is 15.0. The van der Waals surface area contributed by atoms with Crippen molar-refractivity contribution in [3.8, 4) is 0 Å². The first kappa shape index (κ1) is 15.5. The first-order valence-corrected chi connectivity index (χ1v) is 5.96. The van der Waals surface area contributed by atoms with Gasteiger partial charge in [0.1, 0.15) is 5.76 Å². The lowest BCUT2D eigenvalue weighted by Crippen LogP contribution is -2.43. The highest BCUT2D eigenvalue weighted by Crippen LogP contribution is 2.02. The van der Waals surface area contributed by atoms with E-state index in [1.54, 1.807) is 26.0 Å². The first-order chi connectivity index (χ1) is 9.47. The van der Waals surface area contributed by atoms with Gasteiger partial charge >= 0.3 is 12.0 Å². The summed E-state index contributed by atoms with van der Waals surface area (Å²) in [4.78, 5) is 33.7. The van der Waals surface area contributed by atoms with E-state index in [1.807, 2.05) is 5.32 Å². The number of amides is 3. The molecule has 0 atom stereocenters. The first-order valence-electron chi connectivity index (χ1n) is 5.96. The molecule has 3 amide bonds. The Balaban J connectivity index is 2.27. The Hall–Kier alpha value is -2.57. The van der Waals surface area contributed by atoms with E-state index in [9.17, 15) is 14.4 Å². The number of ether oxygens (including phenoxy) is 1. The number of urea groups is 1. The van der Waals surface area contributed by atoms with E-state index in [2.05, 4.69) is 10.1 Å². The zero-order valence-corrected chi connectivity index (χ0v) is 11.2. The van der Waals surface area contributed by atoms with Gasteiger partial charge in [-0.1, -0.05) is 0 Å². The highest BCUT2D eigenvalue weighted by Gasteiger charge is 2.10. The summed E-state index contributed by atoms with van der Waals surface area (Å²) >= 11 is 0. The lowest BCUT2D eigenvalue weighted by Gasteiger charge is -2.08. The van der Waals surface area contributed by atoms with Crippen LogP contribution in [0.1, 0.15) is 19.6 Å². The van der Waals surface area contributed by atoms with Crippen LogP contribution < -0.4 is 10.6 Å². The Morgan fingerprint density at radius 1 is 1.40 bits per heavy atom. The highest BCUT2D eigenvalue weighted by atomic mass is 16.5. The monoisotopic (exact) mass is 280 g/mol. The number of hydrogen-bond acceptors (Lipinski definition) is 5. The Kier molecular flexibility index (Phi) is 6.02. The number of carbonyl (C=O) groups excluding carboxylic acids is 3. The average molecular weight is 280 g/mol. The maximum Gasteiger partial charge on any atom is 0.331 e. The molecule has 0 unspecified atom stereocenters. The highest BCUT2D eigenvalue weighted by molar-refractivity contribution is 5.96. The lowest BCUT2D eigenvalue weighted by molar-refractivity contribution is -0.143. The molecule has 0 aliphatic carbocycles. The fourth-order valence-electron chi connectivity index (χ4n) is 1.18. The molecule has 1 heterocycles. The number of nitrogens with one attached hydrogen (secondary N) is 2. The maximum atomic E-state index is 11.3. The third-order valence-corrected chi connectivity index (χ3v) is 1.95. The molecule has 1 rings (SSSR count). The van der Waals surface area contributed by atoms with Crippen molar-refractivity contribution in [3.63, 3.8) is 0 Å². The SMILES string of the molecule is CC(C)NC(=O)NC(=O)COC(=O)/C=C/c1ccco1. The van der Waals surface area contributed by atoms with Gasteiger partial charge < -0.3 is 14.5 Å². The summed E-state index contributed by atoms with van der Waals surface area (Å²) in [5.74, 6) is -0.925. The fraction of sp³-hybridized carbons (Fsp3) is 0.308. The van der Waals surface area contributed by atoms with Gasteiger partial charge in [0.25, 0.3) is 5.91 Å². The van der Waals surface area contributed by atoms with Crippen molar-refractivity contribution in [2.75, 3.05) is 6.61 Å². The number of hydrogen-bond donors (Lipinski definition) is 2. The van der Waals surface area contributed by atoms with Gasteiger partial charge in [-0.2, -0.15) is 0 Å². The molecule has 0 radical (unpaired) electrons. The second-order valence-corrected chi connectivity index (χ2v) is 4.13. The van der Waals surface area contributed by atoms with Gasteiger partial charge in [0.2, 0.25) is 0 Å². The average Bonchev–Trinajstić information content (AvgIpc) is 2.85. The summed E-state index contributed by atoms with van der Waals surface area (Å²) in [7, 11) is 0. The van der Waals surface area contributed by atoms with Gasteiger partial charge in [-0.3, -0.25) is 10.1 Å². The molecule has 7 heteroatoms. The minimum Gasteiger partial charge on any atom is -0.465 e. The van der Waals surface area contributed by atoms with Gasteiger partial charge in [-0.25, -0.2) is 9.59 Å². The van der Waals surface area contributed by atoms with E-state index < -0.39 is 24.5 Å². The van der Waals surface area contributed by atoms with Crippen LogP contribution in [0.5, 0.6) is 0 Å². The Morgan fingerprint density at radius 3 is 2.75 bits per heavy atom. The second kappa shape index (κ2) is 7.78. The molecular weight excluding hydrogens is 264 g/mol. The van der Waals surface area contributed by atoms with Crippen LogP contribution >= 0.6 is 0 Å². The van der Waals surface area contributed by atoms with Crippen LogP contribution in [0.3, 0.4) is 0 Å². The van der Waals surface area contributed by atoms with Gasteiger partial charge in [0.05, 0.1) is 6.26 Å². The topological polar surface area (TPSA) is 97.6 Å². The minimum absolute atomic E-state index is 0.0958. The van der Waals surface area contributed by atoms with Gasteiger partial charge in [-0.15, -0.1) is 0 Å². The molecular formula is C13H16N2O5. The van der Waals surface area contributed by atoms with Crippen molar-refractivity contribution in [2.45, 2.75) is 19.9 Å². The van der Waals surface area contributed by atoms with E-state index in [-0.39, 0.29) is 6.04 Å². The van der Waals surface area contributed by atoms with Crippen LogP contribution in [-0.2, 0) is 14.3 Å². The third kappa shape index (κ3) is 6.39. The van der Waals surface area contributed by atoms with Gasteiger partial charge in [0.15, 0.2) is 6.61 Å². The number of furan rings is 1. The molecule has 1 aromatic rings. The molecule has 20 heavy (non-hydrogen) atoms. The summed E-state index contributed by atoms with van der Waals surface area (Å²) in [5, 5.41) is 4.49. The molecule has 0 aliphatic rings. The summed E-state index contributed by atoms with van der Waals surface area (Å²) < 4.78 is 9.62. The third-order valence-electron chi connectivity index (χ3n) is 1.95. The van der Waals surface area contributed by atoms with Crippen LogP contribution in [0.4, 0.5) is 4.79 Å². The zero-order valence-electron chi connectivity index (χ0n) is 11.2. The number of esters is 1. The van der Waals surface area contributed by atoms with Crippen molar-refractivity contribution < 1.29 is 23.5 Å². The Bertz CT molecular complexity index is 491. The van der Waals surface area contributed by atoms with Crippen molar-refractivity contribution in [1.29, 1.82) is 0 Å². The number of rotatable bonds is 5. The molecule has 0 saturated carbocycles. The molecule has 1 aromatic heterocycles. The molecule has 7 nitrogen and oxygen atoms in total. The molecule has 0 spiro atoms. The Morgan fingerprint density at radius 2 is 2.15 bits per heavy atom. The molecule has 0 fully saturated rings. The Labute approximate surface area is 116 Å². The largest absolute Gasteiger partial charge is 0.465 e. The van der Waals surface area contributed by atoms with E-state index in [1.165, 1.54) is 12.3 Å². The standard InChI is InChI=1S/C13H16N2O5/c1-9(2)14-13(18)15-11(16)8-20-12(17)6-5-10-4-3-7-19-10/h3-7,9H,8H2,1-2H3,(H2,14,15,16,18)/b6-5+. The minimum atomic E-state index is -0.708. The molecule has 0 saturated heterocycles. The number of imide groups is 1. The summed E-state index contributed by atoms with van der Waals surface area (Å²) in [6, 6.07) is 2.60. The summed E-state index contributed by atoms with van der Waals surface area (Å²) in [6.07, 6.45) is 4.00. The van der Waals surface area contributed by atoms with Gasteiger partial charge in [0, 0.05) is 12.1 Å². The van der Waals surface area contributed by atoms with E-state index >= 15 is 0 Å². The van der Waals surface area contributed by atoms with Gasteiger partial charge in [-0.05, 0) is 32.1 Å². The van der Waals surface area contributed by atoms with Crippen LogP contribution in [0.25, 0.3) is 6.08 Å². The smallest absolute Gasteiger partial charge is 0.331 e. The molecule has 0 bridgehead atoms. The predicted octanol–water partition coefficient (Wildman–Crippen LogP) is 1.07. The van der Waals surface area contributed by atoms with Crippen molar-refractivity contribution >= 4 is 24.0 Å². The molecule has 2 N–H and O–H groups in total. The van der Waals surface area contributed by atoms with Crippen LogP contribution in [0, 0.1) is 0 Å². The summed E-state index contributed by atoms with van der Waals surface area (Å²) in [6.45, 7) is 2.97. The fourth-order valence-corrected chi connectivity index (χ4v) is 1.18. The molecule has 0 aliphatic heterocycles. The van der Waals surface area contributed by atoms with E-state index in [0.717, 1.165) is 6.08 Å². The van der Waals surface area contributed by atoms with Crippen LogP contribution in [0.2, 0.25) is 0 Å². The molecule has 108 valence electrons. The van der Waals surface area contributed by atoms with E-state index in [0.29, 0.717) is 5.76 Å². The van der Waals surface area contributed by atoms with Crippen molar-refractivity contribution in [2.24, 2.45) is 0 Å². The quantitative estimate of drug-likeness (QED) is 0.621. The lowest BCUT2D eigenvalue weighted by atomic mass is 10.4. The van der Waals surface area contributed by atoms with Crippen molar-refractivity contribution in [3.05, 3.63) is 30.2 Å². The van der Waals surface area contributed by atoms with Crippen LogP contribution in [-0.4, -0.2) is 30.6 Å². The van der Waals surface area contributed by atoms with E-state index in [4.69, 9.17) is 4.42 Å². The van der Waals surface area contributed by atoms with Crippen LogP contribution in [0.15, 0.2) is 28.9 Å². The van der Waals surface area contributed by atoms with Crippen molar-refractivity contribution in [1.82, 2.24) is 10.6 Å². The normalized spacial score (nSPS) is 10.6. The maximum absolute atomic E-state index is 11.3. The number of carbonyl (C=O) groups is 3. The molecule has 0 aromatic carbocycles. The second-order valence-electron chi connectivity index (χ2n) is 4.13.